The standard InChI is InChI=1S/C13H10F3NO2/c1-2-19-12(18)11-9-6-4-3-5-8(9)7-10(17-11)13(14,15)16/h3-7H,2H2,1H3. The largest absolute Gasteiger partial charge is 0.461 e. The summed E-state index contributed by atoms with van der Waals surface area (Å²) < 4.78 is 42.9. The number of hydrogen-bond donors (Lipinski definition) is 0. The molecule has 0 aliphatic carbocycles. The minimum atomic E-state index is -4.61. The van der Waals surface area contributed by atoms with Crippen molar-refractivity contribution in [3.05, 3.63) is 41.7 Å². The second kappa shape index (κ2) is 4.87. The summed E-state index contributed by atoms with van der Waals surface area (Å²) in [6, 6.07) is 7.17. The first kappa shape index (κ1) is 13.3. The minimum absolute atomic E-state index is 0.0745. The van der Waals surface area contributed by atoms with E-state index >= 15 is 0 Å². The molecule has 2 rings (SSSR count). The molecule has 0 atom stereocenters. The van der Waals surface area contributed by atoms with Gasteiger partial charge in [0.05, 0.1) is 6.61 Å². The predicted molar refractivity (Wildman–Crippen MR) is 62.7 cm³/mol. The van der Waals surface area contributed by atoms with Gasteiger partial charge in [0, 0.05) is 5.39 Å². The van der Waals surface area contributed by atoms with Crippen LogP contribution in [-0.4, -0.2) is 17.6 Å². The fraction of sp³-hybridized carbons (Fsp3) is 0.231. The van der Waals surface area contributed by atoms with Crippen molar-refractivity contribution in [1.82, 2.24) is 4.98 Å². The van der Waals surface area contributed by atoms with Gasteiger partial charge < -0.3 is 4.74 Å². The van der Waals surface area contributed by atoms with Crippen LogP contribution in [0, 0.1) is 0 Å². The van der Waals surface area contributed by atoms with Crippen LogP contribution in [0.4, 0.5) is 13.2 Å². The first-order valence-corrected chi connectivity index (χ1v) is 5.57. The number of halogens is 3. The number of ether oxygens (including phenoxy) is 1. The van der Waals surface area contributed by atoms with Crippen molar-refractivity contribution in [2.75, 3.05) is 6.61 Å². The van der Waals surface area contributed by atoms with E-state index in [-0.39, 0.29) is 12.3 Å². The molecule has 0 saturated heterocycles. The quantitative estimate of drug-likeness (QED) is 0.784. The zero-order valence-corrected chi connectivity index (χ0v) is 9.99. The number of benzene rings is 1. The van der Waals surface area contributed by atoms with Crippen LogP contribution in [0.3, 0.4) is 0 Å². The second-order valence-electron chi connectivity index (χ2n) is 3.80. The average Bonchev–Trinajstić information content (AvgIpc) is 2.36. The molecule has 100 valence electrons. The Bertz CT molecular complexity index is 623. The molecule has 2 aromatic rings. The van der Waals surface area contributed by atoms with Crippen LogP contribution in [0.15, 0.2) is 30.3 Å². The summed E-state index contributed by atoms with van der Waals surface area (Å²) in [7, 11) is 0. The fourth-order valence-corrected chi connectivity index (χ4v) is 1.70. The molecule has 6 heteroatoms. The molecule has 0 aliphatic rings. The maximum Gasteiger partial charge on any atom is 0.433 e. The Morgan fingerprint density at radius 3 is 2.63 bits per heavy atom. The Hall–Kier alpha value is -2.11. The first-order chi connectivity index (χ1) is 8.93. The molecule has 0 unspecified atom stereocenters. The van der Waals surface area contributed by atoms with E-state index in [2.05, 4.69) is 4.98 Å². The molecule has 3 nitrogen and oxygen atoms in total. The highest BCUT2D eigenvalue weighted by Crippen LogP contribution is 2.31. The molecular weight excluding hydrogens is 259 g/mol. The van der Waals surface area contributed by atoms with E-state index in [1.54, 1.807) is 19.1 Å². The number of rotatable bonds is 2. The van der Waals surface area contributed by atoms with Crippen molar-refractivity contribution in [1.29, 1.82) is 0 Å². The third-order valence-corrected chi connectivity index (χ3v) is 2.50. The van der Waals surface area contributed by atoms with Crippen molar-refractivity contribution in [2.45, 2.75) is 13.1 Å². The van der Waals surface area contributed by atoms with Gasteiger partial charge in [-0.1, -0.05) is 24.3 Å². The number of pyridine rings is 1. The highest BCUT2D eigenvalue weighted by atomic mass is 19.4. The summed E-state index contributed by atoms with van der Waals surface area (Å²) in [5.41, 5.74) is -1.42. The summed E-state index contributed by atoms with van der Waals surface area (Å²) in [5.74, 6) is -0.857. The van der Waals surface area contributed by atoms with E-state index in [4.69, 9.17) is 4.74 Å². The predicted octanol–water partition coefficient (Wildman–Crippen LogP) is 3.43. The van der Waals surface area contributed by atoms with Gasteiger partial charge in [-0.25, -0.2) is 9.78 Å². The molecular formula is C13H10F3NO2. The first-order valence-electron chi connectivity index (χ1n) is 5.57. The van der Waals surface area contributed by atoms with Gasteiger partial charge in [-0.3, -0.25) is 0 Å². The number of alkyl halides is 3. The van der Waals surface area contributed by atoms with E-state index < -0.39 is 17.8 Å². The number of nitrogens with zero attached hydrogens (tertiary/aromatic N) is 1. The van der Waals surface area contributed by atoms with Crippen LogP contribution >= 0.6 is 0 Å². The van der Waals surface area contributed by atoms with Gasteiger partial charge in [-0.2, -0.15) is 13.2 Å². The van der Waals surface area contributed by atoms with Crippen LogP contribution in [0.25, 0.3) is 10.8 Å². The monoisotopic (exact) mass is 269 g/mol. The number of hydrogen-bond acceptors (Lipinski definition) is 3. The molecule has 1 aromatic heterocycles. The summed E-state index contributed by atoms with van der Waals surface area (Å²) in [4.78, 5) is 15.1. The van der Waals surface area contributed by atoms with Gasteiger partial charge in [0.25, 0.3) is 0 Å². The highest BCUT2D eigenvalue weighted by molar-refractivity contribution is 6.02. The van der Waals surface area contributed by atoms with E-state index in [0.717, 1.165) is 6.07 Å². The molecule has 0 amide bonds. The Kier molecular flexibility index (Phi) is 3.42. The lowest BCUT2D eigenvalue weighted by atomic mass is 10.1. The third-order valence-electron chi connectivity index (χ3n) is 2.50. The smallest absolute Gasteiger partial charge is 0.433 e. The number of carbonyl (C=O) groups is 1. The Morgan fingerprint density at radius 2 is 2.00 bits per heavy atom. The molecule has 0 radical (unpaired) electrons. The molecule has 1 heterocycles. The van der Waals surface area contributed by atoms with Crippen LogP contribution in [0.2, 0.25) is 0 Å². The van der Waals surface area contributed by atoms with E-state index in [1.165, 1.54) is 12.1 Å². The van der Waals surface area contributed by atoms with Crippen molar-refractivity contribution < 1.29 is 22.7 Å². The highest BCUT2D eigenvalue weighted by Gasteiger charge is 2.34. The number of esters is 1. The van der Waals surface area contributed by atoms with E-state index in [0.29, 0.717) is 10.8 Å². The zero-order valence-electron chi connectivity index (χ0n) is 9.99. The molecule has 0 bridgehead atoms. The third kappa shape index (κ3) is 2.67. The van der Waals surface area contributed by atoms with Gasteiger partial charge in [0.1, 0.15) is 5.69 Å². The number of carbonyl (C=O) groups excluding carboxylic acids is 1. The van der Waals surface area contributed by atoms with Gasteiger partial charge in [-0.05, 0) is 18.4 Å². The van der Waals surface area contributed by atoms with Crippen molar-refractivity contribution >= 4 is 16.7 Å². The second-order valence-corrected chi connectivity index (χ2v) is 3.80. The number of aromatic nitrogens is 1. The average molecular weight is 269 g/mol. The SMILES string of the molecule is CCOC(=O)c1nc(C(F)(F)F)cc2ccccc12. The molecule has 0 N–H and O–H groups in total. The van der Waals surface area contributed by atoms with E-state index in [1.807, 2.05) is 0 Å². The lowest BCUT2D eigenvalue weighted by Gasteiger charge is -2.10. The Labute approximate surface area is 107 Å². The molecule has 19 heavy (non-hydrogen) atoms. The fourth-order valence-electron chi connectivity index (χ4n) is 1.70. The van der Waals surface area contributed by atoms with Crippen LogP contribution < -0.4 is 0 Å². The summed E-state index contributed by atoms with van der Waals surface area (Å²) >= 11 is 0. The Balaban J connectivity index is 2.68. The summed E-state index contributed by atoms with van der Waals surface area (Å²) in [6.07, 6.45) is -4.61. The zero-order chi connectivity index (χ0) is 14.0. The topological polar surface area (TPSA) is 39.2 Å². The van der Waals surface area contributed by atoms with Gasteiger partial charge in [-0.15, -0.1) is 0 Å². The van der Waals surface area contributed by atoms with Crippen molar-refractivity contribution in [3.8, 4) is 0 Å². The molecule has 0 fully saturated rings. The normalized spacial score (nSPS) is 11.6. The molecule has 0 aliphatic heterocycles. The van der Waals surface area contributed by atoms with Crippen molar-refractivity contribution in [3.63, 3.8) is 0 Å². The van der Waals surface area contributed by atoms with Crippen LogP contribution in [-0.2, 0) is 10.9 Å². The Morgan fingerprint density at radius 1 is 1.32 bits per heavy atom. The lowest BCUT2D eigenvalue weighted by Crippen LogP contribution is -2.14. The maximum absolute atomic E-state index is 12.7. The lowest BCUT2D eigenvalue weighted by molar-refractivity contribution is -0.141. The van der Waals surface area contributed by atoms with Gasteiger partial charge >= 0.3 is 12.1 Å². The number of fused-ring (bicyclic) bond motifs is 1. The van der Waals surface area contributed by atoms with Gasteiger partial charge in [0.15, 0.2) is 5.69 Å². The van der Waals surface area contributed by atoms with Crippen LogP contribution in [0.1, 0.15) is 23.1 Å². The van der Waals surface area contributed by atoms with Gasteiger partial charge in [0.2, 0.25) is 0 Å². The molecule has 1 aromatic carbocycles. The molecule has 0 spiro atoms. The molecule has 0 saturated carbocycles. The summed E-state index contributed by atoms with van der Waals surface area (Å²) in [6.45, 7) is 1.65. The minimum Gasteiger partial charge on any atom is -0.461 e. The van der Waals surface area contributed by atoms with Crippen molar-refractivity contribution in [2.24, 2.45) is 0 Å². The summed E-state index contributed by atoms with van der Waals surface area (Å²) in [5, 5.41) is 0.641. The van der Waals surface area contributed by atoms with Crippen LogP contribution in [0.5, 0.6) is 0 Å². The maximum atomic E-state index is 12.7. The van der Waals surface area contributed by atoms with E-state index in [9.17, 15) is 18.0 Å².